The summed E-state index contributed by atoms with van der Waals surface area (Å²) in [5, 5.41) is 3.19. The number of pyridine rings is 1. The van der Waals surface area contributed by atoms with Crippen molar-refractivity contribution in [2.75, 3.05) is 31.5 Å². The Balaban J connectivity index is 1.62. The van der Waals surface area contributed by atoms with Gasteiger partial charge in [-0.05, 0) is 51.0 Å². The zero-order chi connectivity index (χ0) is 11.2. The first-order valence-corrected chi connectivity index (χ1v) is 5.92. The van der Waals surface area contributed by atoms with E-state index in [1.807, 2.05) is 0 Å². The number of aromatic nitrogens is 1. The third kappa shape index (κ3) is 3.45. The summed E-state index contributed by atoms with van der Waals surface area (Å²) in [4.78, 5) is 6.43. The summed E-state index contributed by atoms with van der Waals surface area (Å²) in [5.74, 6) is 0.463. The largest absolute Gasteiger partial charge is 0.370 e. The van der Waals surface area contributed by atoms with Crippen molar-refractivity contribution >= 4 is 5.82 Å². The number of nitrogens with zero attached hydrogens (tertiary/aromatic N) is 2. The predicted octanol–water partition coefficient (Wildman–Crippen LogP) is 2.12. The molecule has 0 saturated carbocycles. The number of anilines is 1. The summed E-state index contributed by atoms with van der Waals surface area (Å²) in [6.07, 6.45) is 5.03. The van der Waals surface area contributed by atoms with Gasteiger partial charge in [0.15, 0.2) is 0 Å². The quantitative estimate of drug-likeness (QED) is 0.775. The number of rotatable bonds is 5. The van der Waals surface area contributed by atoms with Crippen LogP contribution in [0.1, 0.15) is 19.3 Å². The minimum Gasteiger partial charge on any atom is -0.370 e. The van der Waals surface area contributed by atoms with Gasteiger partial charge in [0, 0.05) is 6.54 Å². The standard InChI is InChI=1S/C12H18FN3/c13-11-4-5-12(15-10-11)14-6-3-9-16-7-1-2-8-16/h4-5,10H,1-3,6-9H2,(H,14,15). The fraction of sp³-hybridized carbons (Fsp3) is 0.583. The smallest absolute Gasteiger partial charge is 0.141 e. The summed E-state index contributed by atoms with van der Waals surface area (Å²) in [6, 6.07) is 3.10. The lowest BCUT2D eigenvalue weighted by atomic mass is 10.3. The van der Waals surface area contributed by atoms with E-state index in [9.17, 15) is 4.39 Å². The third-order valence-corrected chi connectivity index (χ3v) is 2.88. The van der Waals surface area contributed by atoms with Crippen LogP contribution in [0.2, 0.25) is 0 Å². The van der Waals surface area contributed by atoms with E-state index in [2.05, 4.69) is 15.2 Å². The van der Waals surface area contributed by atoms with E-state index in [1.54, 1.807) is 6.07 Å². The highest BCUT2D eigenvalue weighted by atomic mass is 19.1. The summed E-state index contributed by atoms with van der Waals surface area (Å²) < 4.78 is 12.6. The average molecular weight is 223 g/mol. The molecule has 1 aliphatic heterocycles. The van der Waals surface area contributed by atoms with Crippen molar-refractivity contribution in [2.24, 2.45) is 0 Å². The van der Waals surface area contributed by atoms with Crippen LogP contribution in [0.25, 0.3) is 0 Å². The van der Waals surface area contributed by atoms with Crippen LogP contribution < -0.4 is 5.32 Å². The lowest BCUT2D eigenvalue weighted by Crippen LogP contribution is -2.22. The van der Waals surface area contributed by atoms with Gasteiger partial charge in [0.1, 0.15) is 11.6 Å². The zero-order valence-electron chi connectivity index (χ0n) is 9.45. The molecule has 0 aromatic carbocycles. The van der Waals surface area contributed by atoms with Crippen LogP contribution in [0.15, 0.2) is 18.3 Å². The van der Waals surface area contributed by atoms with Gasteiger partial charge in [-0.15, -0.1) is 0 Å². The molecule has 88 valence electrons. The predicted molar refractivity (Wildman–Crippen MR) is 63.0 cm³/mol. The zero-order valence-corrected chi connectivity index (χ0v) is 9.45. The first kappa shape index (κ1) is 11.3. The first-order chi connectivity index (χ1) is 7.84. The Morgan fingerprint density at radius 2 is 2.12 bits per heavy atom. The van der Waals surface area contributed by atoms with Crippen molar-refractivity contribution in [3.8, 4) is 0 Å². The second-order valence-corrected chi connectivity index (χ2v) is 4.19. The number of hydrogen-bond acceptors (Lipinski definition) is 3. The van der Waals surface area contributed by atoms with E-state index in [0.717, 1.165) is 25.3 Å². The molecule has 0 atom stereocenters. The van der Waals surface area contributed by atoms with E-state index >= 15 is 0 Å². The average Bonchev–Trinajstić information content (AvgIpc) is 2.80. The van der Waals surface area contributed by atoms with Crippen molar-refractivity contribution in [1.82, 2.24) is 9.88 Å². The minimum atomic E-state index is -0.289. The third-order valence-electron chi connectivity index (χ3n) is 2.88. The highest BCUT2D eigenvalue weighted by Crippen LogP contribution is 2.08. The van der Waals surface area contributed by atoms with Crippen LogP contribution >= 0.6 is 0 Å². The summed E-state index contributed by atoms with van der Waals surface area (Å²) in [5.41, 5.74) is 0. The summed E-state index contributed by atoms with van der Waals surface area (Å²) >= 11 is 0. The summed E-state index contributed by atoms with van der Waals surface area (Å²) in [6.45, 7) is 4.53. The maximum Gasteiger partial charge on any atom is 0.141 e. The molecule has 0 radical (unpaired) electrons. The normalized spacial score (nSPS) is 16.6. The molecule has 4 heteroatoms. The Hall–Kier alpha value is -1.16. The van der Waals surface area contributed by atoms with Gasteiger partial charge in [-0.3, -0.25) is 0 Å². The van der Waals surface area contributed by atoms with Crippen LogP contribution in [0.4, 0.5) is 10.2 Å². The highest BCUT2D eigenvalue weighted by molar-refractivity contribution is 5.33. The molecule has 2 heterocycles. The van der Waals surface area contributed by atoms with Gasteiger partial charge in [-0.1, -0.05) is 0 Å². The van der Waals surface area contributed by atoms with Gasteiger partial charge in [0.2, 0.25) is 0 Å². The van der Waals surface area contributed by atoms with Gasteiger partial charge in [-0.2, -0.15) is 0 Å². The molecule has 0 amide bonds. The molecule has 1 aromatic rings. The van der Waals surface area contributed by atoms with E-state index in [1.165, 1.54) is 38.2 Å². The van der Waals surface area contributed by atoms with Gasteiger partial charge in [0.25, 0.3) is 0 Å². The monoisotopic (exact) mass is 223 g/mol. The second kappa shape index (κ2) is 5.80. The fourth-order valence-electron chi connectivity index (χ4n) is 2.01. The number of halogens is 1. The van der Waals surface area contributed by atoms with Crippen LogP contribution in [0, 0.1) is 5.82 Å². The topological polar surface area (TPSA) is 28.2 Å². The Morgan fingerprint density at radius 3 is 2.81 bits per heavy atom. The number of likely N-dealkylation sites (tertiary alicyclic amines) is 1. The Labute approximate surface area is 95.7 Å². The number of nitrogens with one attached hydrogen (secondary N) is 1. The first-order valence-electron chi connectivity index (χ1n) is 5.92. The van der Waals surface area contributed by atoms with Crippen molar-refractivity contribution < 1.29 is 4.39 Å². The molecule has 16 heavy (non-hydrogen) atoms. The van der Waals surface area contributed by atoms with Crippen molar-refractivity contribution in [2.45, 2.75) is 19.3 Å². The Kier molecular flexibility index (Phi) is 4.10. The Bertz CT molecular complexity index is 307. The molecule has 1 aliphatic rings. The van der Waals surface area contributed by atoms with Gasteiger partial charge in [0.05, 0.1) is 6.20 Å². The van der Waals surface area contributed by atoms with Gasteiger partial charge < -0.3 is 10.2 Å². The molecule has 0 bridgehead atoms. The van der Waals surface area contributed by atoms with Crippen LogP contribution in [-0.4, -0.2) is 36.1 Å². The lowest BCUT2D eigenvalue weighted by Gasteiger charge is -2.14. The van der Waals surface area contributed by atoms with Crippen LogP contribution in [-0.2, 0) is 0 Å². The van der Waals surface area contributed by atoms with E-state index in [4.69, 9.17) is 0 Å². The lowest BCUT2D eigenvalue weighted by molar-refractivity contribution is 0.337. The van der Waals surface area contributed by atoms with E-state index in [-0.39, 0.29) is 5.82 Å². The summed E-state index contributed by atoms with van der Waals surface area (Å²) in [7, 11) is 0. The maximum absolute atomic E-state index is 12.6. The van der Waals surface area contributed by atoms with Gasteiger partial charge >= 0.3 is 0 Å². The molecule has 0 spiro atoms. The second-order valence-electron chi connectivity index (χ2n) is 4.19. The molecular formula is C12H18FN3. The molecule has 0 unspecified atom stereocenters. The van der Waals surface area contributed by atoms with E-state index in [0.29, 0.717) is 0 Å². The highest BCUT2D eigenvalue weighted by Gasteiger charge is 2.09. The molecule has 3 nitrogen and oxygen atoms in total. The molecule has 1 aromatic heterocycles. The van der Waals surface area contributed by atoms with Crippen molar-refractivity contribution in [1.29, 1.82) is 0 Å². The van der Waals surface area contributed by atoms with Gasteiger partial charge in [-0.25, -0.2) is 9.37 Å². The molecule has 1 N–H and O–H groups in total. The fourth-order valence-corrected chi connectivity index (χ4v) is 2.01. The van der Waals surface area contributed by atoms with Crippen molar-refractivity contribution in [3.63, 3.8) is 0 Å². The maximum atomic E-state index is 12.6. The Morgan fingerprint density at radius 1 is 1.31 bits per heavy atom. The molecule has 1 saturated heterocycles. The molecule has 1 fully saturated rings. The van der Waals surface area contributed by atoms with Crippen LogP contribution in [0.5, 0.6) is 0 Å². The molecular weight excluding hydrogens is 205 g/mol. The SMILES string of the molecule is Fc1ccc(NCCCN2CCCC2)nc1. The van der Waals surface area contributed by atoms with Crippen molar-refractivity contribution in [3.05, 3.63) is 24.1 Å². The molecule has 0 aliphatic carbocycles. The molecule has 2 rings (SSSR count). The number of hydrogen-bond donors (Lipinski definition) is 1. The minimum absolute atomic E-state index is 0.289. The van der Waals surface area contributed by atoms with E-state index < -0.39 is 0 Å². The van der Waals surface area contributed by atoms with Crippen LogP contribution in [0.3, 0.4) is 0 Å².